The lowest BCUT2D eigenvalue weighted by molar-refractivity contribution is -0.133. The molecule has 2 amide bonds. The summed E-state index contributed by atoms with van der Waals surface area (Å²) >= 11 is 0. The normalized spacial score (nSPS) is 43.3. The zero-order chi connectivity index (χ0) is 35.8. The number of methoxy groups -OCH3 is 2. The molecule has 2 aliphatic carbocycles. The quantitative estimate of drug-likeness (QED) is 0.426. The van der Waals surface area contributed by atoms with Gasteiger partial charge in [0.1, 0.15) is 0 Å². The summed E-state index contributed by atoms with van der Waals surface area (Å²) in [6.07, 6.45) is 10.5. The summed E-state index contributed by atoms with van der Waals surface area (Å²) in [7, 11) is 3.36. The van der Waals surface area contributed by atoms with Gasteiger partial charge >= 0.3 is 0 Å². The van der Waals surface area contributed by atoms with Gasteiger partial charge < -0.3 is 28.7 Å². The fourth-order valence-corrected chi connectivity index (χ4v) is 15.4. The highest BCUT2D eigenvalue weighted by atomic mass is 16.5. The van der Waals surface area contributed by atoms with E-state index in [2.05, 4.69) is 62.1 Å². The predicted molar refractivity (Wildman–Crippen MR) is 200 cm³/mol. The van der Waals surface area contributed by atoms with Crippen LogP contribution in [0.1, 0.15) is 49.7 Å². The van der Waals surface area contributed by atoms with E-state index < -0.39 is 0 Å². The fourth-order valence-electron chi connectivity index (χ4n) is 15.4. The lowest BCUT2D eigenvalue weighted by Crippen LogP contribution is -2.69. The molecule has 2 aromatic rings. The second-order valence-electron chi connectivity index (χ2n) is 18.3. The van der Waals surface area contributed by atoms with E-state index in [-0.39, 0.29) is 40.9 Å². The van der Waals surface area contributed by atoms with E-state index in [1.165, 1.54) is 42.6 Å². The molecule has 10 aliphatic heterocycles. The minimum absolute atomic E-state index is 0.0242. The van der Waals surface area contributed by atoms with Crippen LogP contribution >= 0.6 is 0 Å². The fraction of sp³-hybridized carbons (Fsp3) is 0.591. The summed E-state index contributed by atoms with van der Waals surface area (Å²) in [6.45, 7) is 5.77. The van der Waals surface area contributed by atoms with Gasteiger partial charge in [0.15, 0.2) is 11.5 Å². The maximum absolute atomic E-state index is 13.5. The Morgan fingerprint density at radius 1 is 0.685 bits per heavy atom. The Balaban J connectivity index is 0.000000116. The number of piperidine rings is 4. The van der Waals surface area contributed by atoms with Gasteiger partial charge in [-0.2, -0.15) is 0 Å². The lowest BCUT2D eigenvalue weighted by atomic mass is 9.53. The Labute approximate surface area is 316 Å². The van der Waals surface area contributed by atoms with Crippen LogP contribution in [0.3, 0.4) is 0 Å². The first-order valence-corrected chi connectivity index (χ1v) is 20.6. The summed E-state index contributed by atoms with van der Waals surface area (Å²) < 4.78 is 23.8. The average molecular weight is 729 g/mol. The molecule has 0 radical (unpaired) electrons. The highest BCUT2D eigenvalue weighted by molar-refractivity contribution is 6.00. The number of fused-ring (bicyclic) bond motifs is 4. The molecule has 280 valence electrons. The van der Waals surface area contributed by atoms with Crippen LogP contribution in [0.25, 0.3) is 0 Å². The van der Waals surface area contributed by atoms with Crippen molar-refractivity contribution >= 4 is 23.2 Å². The molecule has 2 spiro atoms. The van der Waals surface area contributed by atoms with Gasteiger partial charge in [-0.15, -0.1) is 0 Å². The van der Waals surface area contributed by atoms with Gasteiger partial charge in [0.25, 0.3) is 0 Å². The Kier molecular flexibility index (Phi) is 6.17. The molecular formula is C44H48N4O6. The van der Waals surface area contributed by atoms with Crippen molar-refractivity contribution in [2.24, 2.45) is 23.7 Å². The van der Waals surface area contributed by atoms with E-state index in [9.17, 15) is 9.59 Å². The lowest BCUT2D eigenvalue weighted by Gasteiger charge is -2.58. The average Bonchev–Trinajstić information content (AvgIpc) is 3.87. The molecule has 10 nitrogen and oxygen atoms in total. The molecule has 2 aromatic carbocycles. The number of hydrogen-bond donors (Lipinski definition) is 0. The van der Waals surface area contributed by atoms with Crippen molar-refractivity contribution in [1.82, 2.24) is 9.80 Å². The molecule has 0 unspecified atom stereocenters. The molecule has 54 heavy (non-hydrogen) atoms. The van der Waals surface area contributed by atoms with Crippen molar-refractivity contribution < 1.29 is 28.5 Å². The monoisotopic (exact) mass is 728 g/mol. The largest absolute Gasteiger partial charge is 0.493 e. The zero-order valence-electron chi connectivity index (χ0n) is 31.1. The number of para-hydroxylation sites is 1. The number of carbonyl (C=O) groups is 2. The van der Waals surface area contributed by atoms with Gasteiger partial charge in [0.05, 0.1) is 70.3 Å². The number of carbonyl (C=O) groups excluding carboxylic acids is 2. The van der Waals surface area contributed by atoms with Crippen LogP contribution in [0.2, 0.25) is 0 Å². The summed E-state index contributed by atoms with van der Waals surface area (Å²) in [5, 5.41) is 0. The van der Waals surface area contributed by atoms with Crippen LogP contribution in [0.4, 0.5) is 11.4 Å². The number of benzene rings is 2. The van der Waals surface area contributed by atoms with Crippen molar-refractivity contribution in [2.45, 2.75) is 85.7 Å². The van der Waals surface area contributed by atoms with Gasteiger partial charge in [0.2, 0.25) is 11.8 Å². The molecule has 6 saturated heterocycles. The smallest absolute Gasteiger partial charge is 0.229 e. The van der Waals surface area contributed by atoms with Crippen LogP contribution in [-0.4, -0.2) is 112 Å². The van der Waals surface area contributed by atoms with Crippen molar-refractivity contribution in [3.05, 3.63) is 70.8 Å². The minimum atomic E-state index is -0.0242. The molecule has 4 bridgehead atoms. The zero-order valence-corrected chi connectivity index (χ0v) is 31.1. The van der Waals surface area contributed by atoms with Gasteiger partial charge in [-0.1, -0.05) is 41.5 Å². The third-order valence-corrected chi connectivity index (χ3v) is 17.0. The van der Waals surface area contributed by atoms with Crippen LogP contribution in [0, 0.1) is 23.7 Å². The summed E-state index contributed by atoms with van der Waals surface area (Å²) in [6, 6.07) is 14.5. The molecule has 14 rings (SSSR count). The molecule has 12 atom stereocenters. The van der Waals surface area contributed by atoms with Crippen LogP contribution in [0.5, 0.6) is 11.5 Å². The Morgan fingerprint density at radius 2 is 1.22 bits per heavy atom. The van der Waals surface area contributed by atoms with Gasteiger partial charge in [-0.25, -0.2) is 0 Å². The second kappa shape index (κ2) is 10.6. The molecule has 0 aromatic heterocycles. The number of anilines is 2. The molecule has 12 aliphatic rings. The van der Waals surface area contributed by atoms with Crippen molar-refractivity contribution in [1.29, 1.82) is 0 Å². The van der Waals surface area contributed by atoms with E-state index in [1.54, 1.807) is 25.4 Å². The Bertz CT molecular complexity index is 2120. The standard InChI is InChI=1S/C23H26N2O4.C21H22N2O2/c1-27-16-8-14-15(9-17(16)28-2)25-20(26)10-18-21-13-7-19-23(14,22(21)25)4-5-24(19)11-12(13)3-6-29-18;24-18-10-16-19-13-9-17-21(6-7-22(17)11-12(13)5-8-25-16)14-3-1-2-4-15(14)23(18)20(19)21/h3,8-9,13,18-19,21-22H,4-7,10-11H2,1-2H3;1-5,13,16-17,19-20H,6-11H2/t13-,18-,19-,21-,22-,23+;13-,16-,17-,19-,20-,21+/m00/s1. The maximum Gasteiger partial charge on any atom is 0.229 e. The van der Waals surface area contributed by atoms with Crippen LogP contribution in [-0.2, 0) is 29.9 Å². The topological polar surface area (TPSA) is 84.0 Å². The molecule has 2 saturated carbocycles. The van der Waals surface area contributed by atoms with E-state index in [0.717, 1.165) is 37.5 Å². The van der Waals surface area contributed by atoms with Gasteiger partial charge in [-0.3, -0.25) is 19.4 Å². The minimum Gasteiger partial charge on any atom is -0.493 e. The first-order chi connectivity index (χ1) is 26.5. The number of nitrogens with zero attached hydrogens (tertiary/aromatic N) is 4. The Morgan fingerprint density at radius 3 is 1.81 bits per heavy atom. The molecule has 8 fully saturated rings. The van der Waals surface area contributed by atoms with Crippen molar-refractivity contribution in [2.75, 3.05) is 63.4 Å². The maximum atomic E-state index is 13.5. The molecule has 0 N–H and O–H groups in total. The van der Waals surface area contributed by atoms with Gasteiger partial charge in [-0.05, 0) is 73.9 Å². The number of ether oxygens (including phenoxy) is 4. The number of amides is 2. The van der Waals surface area contributed by atoms with Crippen LogP contribution in [0.15, 0.2) is 59.7 Å². The third-order valence-electron chi connectivity index (χ3n) is 17.0. The first kappa shape index (κ1) is 31.5. The molecule has 10 heterocycles. The van der Waals surface area contributed by atoms with E-state index in [1.807, 2.05) is 6.07 Å². The first-order valence-electron chi connectivity index (χ1n) is 20.6. The highest BCUT2D eigenvalue weighted by Gasteiger charge is 2.72. The number of rotatable bonds is 2. The van der Waals surface area contributed by atoms with Crippen molar-refractivity contribution in [3.8, 4) is 11.5 Å². The van der Waals surface area contributed by atoms with E-state index in [4.69, 9.17) is 18.9 Å². The number of hydrogen-bond acceptors (Lipinski definition) is 8. The van der Waals surface area contributed by atoms with Crippen LogP contribution < -0.4 is 19.3 Å². The summed E-state index contributed by atoms with van der Waals surface area (Å²) in [5.74, 6) is 3.92. The Hall–Kier alpha value is -3.70. The van der Waals surface area contributed by atoms with Crippen molar-refractivity contribution in [3.63, 3.8) is 0 Å². The summed E-state index contributed by atoms with van der Waals surface area (Å²) in [4.78, 5) is 36.4. The second-order valence-corrected chi connectivity index (χ2v) is 18.3. The highest BCUT2D eigenvalue weighted by Crippen LogP contribution is 2.68. The molecule has 10 heteroatoms. The molecular weight excluding hydrogens is 681 g/mol. The van der Waals surface area contributed by atoms with E-state index >= 15 is 0 Å². The predicted octanol–water partition coefficient (Wildman–Crippen LogP) is 4.20. The third kappa shape index (κ3) is 3.52. The SMILES string of the molecule is COc1cc2c(cc1OC)[C@@]13CCN4CC5=CCO[C@H]6CC(=O)N2[C@H]1[C@H]6[C@H]5C[C@H]43.O=C1C[C@@H]2OCC=C3CN4CC[C@]56c7ccccc7N1[C@H]5[C@H]2[C@H]3C[C@H]46. The summed E-state index contributed by atoms with van der Waals surface area (Å²) in [5.41, 5.74) is 8.21. The van der Waals surface area contributed by atoms with Gasteiger partial charge in [0, 0.05) is 59.6 Å². The van der Waals surface area contributed by atoms with E-state index in [0.29, 0.717) is 73.6 Å².